The Morgan fingerprint density at radius 1 is 1.10 bits per heavy atom. The van der Waals surface area contributed by atoms with Crippen LogP contribution in [0.25, 0.3) is 0 Å². The molecule has 0 aromatic heterocycles. The van der Waals surface area contributed by atoms with Crippen molar-refractivity contribution in [2.45, 2.75) is 64.1 Å². The Labute approximate surface area is 125 Å². The van der Waals surface area contributed by atoms with Crippen LogP contribution in [0.4, 0.5) is 0 Å². The smallest absolute Gasteiger partial charge is 0.191 e. The minimum atomic E-state index is -1.60. The highest BCUT2D eigenvalue weighted by Crippen LogP contribution is 2.42. The first kappa shape index (κ1) is 15.8. The first-order valence-electron chi connectivity index (χ1n) is 8.00. The summed E-state index contributed by atoms with van der Waals surface area (Å²) in [5.74, 6) is 1.42. The van der Waals surface area contributed by atoms with Gasteiger partial charge in [0.2, 0.25) is 0 Å². The van der Waals surface area contributed by atoms with Crippen molar-refractivity contribution in [3.8, 4) is 0 Å². The van der Waals surface area contributed by atoms with Crippen molar-refractivity contribution in [2.75, 3.05) is 6.61 Å². The van der Waals surface area contributed by atoms with Crippen molar-refractivity contribution in [1.29, 1.82) is 0 Å². The Hall–Kier alpha value is -0.603. The average molecular weight is 291 g/mol. The maximum atomic E-state index is 6.47. The molecule has 0 spiro atoms. The predicted octanol–water partition coefficient (Wildman–Crippen LogP) is 5.59. The summed E-state index contributed by atoms with van der Waals surface area (Å²) in [7, 11) is -1.60. The summed E-state index contributed by atoms with van der Waals surface area (Å²) >= 11 is 0. The van der Waals surface area contributed by atoms with E-state index >= 15 is 0 Å². The highest BCUT2D eigenvalue weighted by atomic mass is 28.4. The van der Waals surface area contributed by atoms with Crippen molar-refractivity contribution < 1.29 is 4.43 Å². The topological polar surface area (TPSA) is 9.23 Å². The Bertz CT molecular complexity index is 419. The van der Waals surface area contributed by atoms with Gasteiger partial charge < -0.3 is 4.43 Å². The van der Waals surface area contributed by atoms with Crippen LogP contribution in [0, 0.1) is 5.92 Å². The Kier molecular flexibility index (Phi) is 4.75. The zero-order valence-electron chi connectivity index (χ0n) is 13.8. The average Bonchev–Trinajstić information content (AvgIpc) is 2.84. The van der Waals surface area contributed by atoms with E-state index in [1.54, 1.807) is 0 Å². The molecule has 0 radical (unpaired) electrons. The summed E-state index contributed by atoms with van der Waals surface area (Å²) in [5.41, 5.74) is 1.51. The van der Waals surface area contributed by atoms with Crippen LogP contribution in [-0.4, -0.2) is 14.9 Å². The van der Waals surface area contributed by atoms with Crippen LogP contribution in [-0.2, 0) is 4.43 Å². The molecule has 2 rings (SSSR count). The molecule has 2 atom stereocenters. The van der Waals surface area contributed by atoms with E-state index in [2.05, 4.69) is 64.2 Å². The minimum Gasteiger partial charge on any atom is -0.417 e. The van der Waals surface area contributed by atoms with Crippen LogP contribution in [0.5, 0.6) is 0 Å². The van der Waals surface area contributed by atoms with E-state index in [0.29, 0.717) is 16.9 Å². The van der Waals surface area contributed by atoms with Gasteiger partial charge in [-0.2, -0.15) is 0 Å². The molecule has 0 aliphatic heterocycles. The second kappa shape index (κ2) is 6.03. The van der Waals surface area contributed by atoms with E-state index in [9.17, 15) is 0 Å². The Balaban J connectivity index is 1.99. The molecule has 1 aromatic rings. The Morgan fingerprint density at radius 3 is 2.35 bits per heavy atom. The fraction of sp³-hybridized carbons (Fsp3) is 0.667. The van der Waals surface area contributed by atoms with Gasteiger partial charge in [-0.15, -0.1) is 0 Å². The molecule has 0 heterocycles. The van der Waals surface area contributed by atoms with Gasteiger partial charge in [-0.1, -0.05) is 57.5 Å². The molecule has 2 heteroatoms. The van der Waals surface area contributed by atoms with E-state index in [-0.39, 0.29) is 0 Å². The molecule has 0 amide bonds. The normalized spacial score (nSPS) is 24.1. The summed E-state index contributed by atoms with van der Waals surface area (Å²) in [6.07, 6.45) is 4.01. The molecule has 1 fully saturated rings. The third-order valence-corrected chi connectivity index (χ3v) is 9.85. The number of hydrogen-bond acceptors (Lipinski definition) is 1. The van der Waals surface area contributed by atoms with Crippen LogP contribution in [0.3, 0.4) is 0 Å². The van der Waals surface area contributed by atoms with Crippen LogP contribution in [0.2, 0.25) is 18.1 Å². The molecule has 1 aromatic carbocycles. The van der Waals surface area contributed by atoms with Crippen LogP contribution in [0.1, 0.15) is 51.5 Å². The monoisotopic (exact) mass is 290 g/mol. The largest absolute Gasteiger partial charge is 0.417 e. The molecule has 1 aliphatic carbocycles. The highest BCUT2D eigenvalue weighted by Gasteiger charge is 2.39. The van der Waals surface area contributed by atoms with Gasteiger partial charge in [0.05, 0.1) is 0 Å². The van der Waals surface area contributed by atoms with E-state index in [1.165, 1.54) is 24.8 Å². The molecule has 0 bridgehead atoms. The summed E-state index contributed by atoms with van der Waals surface area (Å²) in [6, 6.07) is 11.0. The van der Waals surface area contributed by atoms with Gasteiger partial charge in [-0.3, -0.25) is 0 Å². The van der Waals surface area contributed by atoms with Crippen molar-refractivity contribution in [2.24, 2.45) is 5.92 Å². The molecule has 1 saturated carbocycles. The van der Waals surface area contributed by atoms with Crippen molar-refractivity contribution >= 4 is 8.32 Å². The quantitative estimate of drug-likeness (QED) is 0.657. The van der Waals surface area contributed by atoms with Gasteiger partial charge >= 0.3 is 0 Å². The summed E-state index contributed by atoms with van der Waals surface area (Å²) < 4.78 is 6.47. The van der Waals surface area contributed by atoms with Gasteiger partial charge in [0, 0.05) is 6.61 Å². The summed E-state index contributed by atoms with van der Waals surface area (Å²) in [6.45, 7) is 12.6. The second-order valence-corrected chi connectivity index (χ2v) is 12.6. The lowest BCUT2D eigenvalue weighted by atomic mass is 9.90. The highest BCUT2D eigenvalue weighted by molar-refractivity contribution is 6.74. The fourth-order valence-corrected chi connectivity index (χ4v) is 3.97. The molecule has 1 aliphatic rings. The number of benzene rings is 1. The second-order valence-electron chi connectivity index (χ2n) is 7.78. The lowest BCUT2D eigenvalue weighted by Gasteiger charge is -2.37. The third-order valence-electron chi connectivity index (χ3n) is 5.35. The molecule has 20 heavy (non-hydrogen) atoms. The van der Waals surface area contributed by atoms with Crippen molar-refractivity contribution in [3.05, 3.63) is 35.9 Å². The predicted molar refractivity (Wildman–Crippen MR) is 89.7 cm³/mol. The maximum Gasteiger partial charge on any atom is 0.191 e. The number of hydrogen-bond donors (Lipinski definition) is 0. The fourth-order valence-electron chi connectivity index (χ4n) is 2.91. The van der Waals surface area contributed by atoms with Crippen LogP contribution in [0.15, 0.2) is 30.3 Å². The van der Waals surface area contributed by atoms with Gasteiger partial charge in [0.25, 0.3) is 0 Å². The van der Waals surface area contributed by atoms with Crippen LogP contribution >= 0.6 is 0 Å². The van der Waals surface area contributed by atoms with Gasteiger partial charge in [0.1, 0.15) is 0 Å². The third kappa shape index (κ3) is 3.53. The van der Waals surface area contributed by atoms with Gasteiger partial charge in [-0.25, -0.2) is 0 Å². The maximum absolute atomic E-state index is 6.47. The zero-order chi connectivity index (χ0) is 14.8. The lowest BCUT2D eigenvalue weighted by Crippen LogP contribution is -2.42. The molecule has 112 valence electrons. The molecular weight excluding hydrogens is 260 g/mol. The SMILES string of the molecule is CC(C)(C)[Si](C)(C)OC[C@H]1CCC[C@@H]1c1ccccc1. The molecule has 0 N–H and O–H groups in total. The zero-order valence-corrected chi connectivity index (χ0v) is 14.8. The van der Waals surface area contributed by atoms with E-state index in [4.69, 9.17) is 4.43 Å². The molecule has 1 nitrogen and oxygen atoms in total. The lowest BCUT2D eigenvalue weighted by molar-refractivity contribution is 0.219. The standard InChI is InChI=1S/C18H30OSi/c1-18(2,3)20(4,5)19-14-16-12-9-13-17(16)15-10-7-6-8-11-15/h6-8,10-11,16-17H,9,12-14H2,1-5H3/t16-,17-/m1/s1. The van der Waals surface area contributed by atoms with Crippen molar-refractivity contribution in [3.63, 3.8) is 0 Å². The summed E-state index contributed by atoms with van der Waals surface area (Å²) in [5, 5.41) is 0.313. The minimum absolute atomic E-state index is 0.313. The van der Waals surface area contributed by atoms with E-state index in [1.807, 2.05) is 0 Å². The van der Waals surface area contributed by atoms with Crippen molar-refractivity contribution in [1.82, 2.24) is 0 Å². The molecule has 0 unspecified atom stereocenters. The van der Waals surface area contributed by atoms with Gasteiger partial charge in [0.15, 0.2) is 8.32 Å². The molecule has 0 saturated heterocycles. The van der Waals surface area contributed by atoms with Crippen LogP contribution < -0.4 is 0 Å². The Morgan fingerprint density at radius 2 is 1.75 bits per heavy atom. The summed E-state index contributed by atoms with van der Waals surface area (Å²) in [4.78, 5) is 0. The number of rotatable bonds is 4. The van der Waals surface area contributed by atoms with Gasteiger partial charge in [-0.05, 0) is 48.4 Å². The van der Waals surface area contributed by atoms with E-state index < -0.39 is 8.32 Å². The first-order chi connectivity index (χ1) is 9.31. The van der Waals surface area contributed by atoms with E-state index in [0.717, 1.165) is 6.61 Å². The molecular formula is C18H30OSi. The first-order valence-corrected chi connectivity index (χ1v) is 10.9.